The van der Waals surface area contributed by atoms with Crippen LogP contribution in [0.2, 0.25) is 5.02 Å². The molecule has 1 heterocycles. The average Bonchev–Trinajstić information content (AvgIpc) is 2.39. The van der Waals surface area contributed by atoms with E-state index >= 15 is 0 Å². The van der Waals surface area contributed by atoms with Crippen LogP contribution in [0.1, 0.15) is 12.7 Å². The number of H-pyrrole nitrogens is 1. The molecule has 0 amide bonds. The topological polar surface area (TPSA) is 55.0 Å². The highest BCUT2D eigenvalue weighted by Crippen LogP contribution is 2.22. The van der Waals surface area contributed by atoms with Crippen LogP contribution in [-0.2, 0) is 11.3 Å². The summed E-state index contributed by atoms with van der Waals surface area (Å²) in [5.41, 5.74) is 0.718. The lowest BCUT2D eigenvalue weighted by Gasteiger charge is -2.05. The predicted molar refractivity (Wildman–Crippen MR) is 70.6 cm³/mol. The van der Waals surface area contributed by atoms with Gasteiger partial charge in [0, 0.05) is 18.2 Å². The fraction of sp³-hybridized carbons (Fsp3) is 0.231. The Labute approximate surface area is 114 Å². The van der Waals surface area contributed by atoms with Gasteiger partial charge in [-0.1, -0.05) is 11.6 Å². The Balaban J connectivity index is 2.40. The van der Waals surface area contributed by atoms with Crippen LogP contribution in [0.3, 0.4) is 0 Å². The molecule has 0 fully saturated rings. The highest BCUT2D eigenvalue weighted by atomic mass is 35.5. The van der Waals surface area contributed by atoms with E-state index in [0.29, 0.717) is 23.7 Å². The van der Waals surface area contributed by atoms with Crippen LogP contribution >= 0.6 is 11.6 Å². The Bertz CT molecular complexity index is 643. The Morgan fingerprint density at radius 3 is 2.89 bits per heavy atom. The van der Waals surface area contributed by atoms with E-state index in [0.717, 1.165) is 0 Å². The molecular formula is C13H12ClFN2O2. The van der Waals surface area contributed by atoms with E-state index in [-0.39, 0.29) is 17.2 Å². The monoisotopic (exact) mass is 282 g/mol. The molecule has 0 aliphatic rings. The van der Waals surface area contributed by atoms with Crippen LogP contribution in [0.4, 0.5) is 4.39 Å². The highest BCUT2D eigenvalue weighted by molar-refractivity contribution is 6.31. The van der Waals surface area contributed by atoms with Gasteiger partial charge in [0.1, 0.15) is 18.2 Å². The molecule has 0 saturated heterocycles. The molecular weight excluding hydrogens is 271 g/mol. The SMILES string of the molecule is CCOCc1nc(-c2ccc(F)c(Cl)c2)cc(=O)[nH]1. The maximum absolute atomic E-state index is 13.1. The molecule has 0 spiro atoms. The van der Waals surface area contributed by atoms with Crippen LogP contribution in [0.25, 0.3) is 11.3 Å². The van der Waals surface area contributed by atoms with E-state index in [1.807, 2.05) is 6.92 Å². The van der Waals surface area contributed by atoms with Crippen LogP contribution in [-0.4, -0.2) is 16.6 Å². The third-order valence-electron chi connectivity index (χ3n) is 2.45. The molecule has 100 valence electrons. The van der Waals surface area contributed by atoms with Gasteiger partial charge in [-0.15, -0.1) is 0 Å². The second-order valence-corrected chi connectivity index (χ2v) is 4.25. The normalized spacial score (nSPS) is 10.7. The number of nitrogens with zero attached hydrogens (tertiary/aromatic N) is 1. The van der Waals surface area contributed by atoms with Gasteiger partial charge >= 0.3 is 0 Å². The number of aromatic nitrogens is 2. The largest absolute Gasteiger partial charge is 0.374 e. The summed E-state index contributed by atoms with van der Waals surface area (Å²) < 4.78 is 18.3. The van der Waals surface area contributed by atoms with E-state index in [9.17, 15) is 9.18 Å². The lowest BCUT2D eigenvalue weighted by molar-refractivity contribution is 0.128. The van der Waals surface area contributed by atoms with Crippen molar-refractivity contribution in [2.75, 3.05) is 6.61 Å². The summed E-state index contributed by atoms with van der Waals surface area (Å²) in [5, 5.41) is -0.00839. The lowest BCUT2D eigenvalue weighted by atomic mass is 10.1. The number of rotatable bonds is 4. The molecule has 0 radical (unpaired) electrons. The number of hydrogen-bond donors (Lipinski definition) is 1. The molecule has 0 aliphatic carbocycles. The Morgan fingerprint density at radius 2 is 2.21 bits per heavy atom. The van der Waals surface area contributed by atoms with Crippen LogP contribution in [0.5, 0.6) is 0 Å². The molecule has 1 N–H and O–H groups in total. The summed E-state index contributed by atoms with van der Waals surface area (Å²) in [4.78, 5) is 18.4. The van der Waals surface area contributed by atoms with Gasteiger partial charge in [-0.25, -0.2) is 9.37 Å². The van der Waals surface area contributed by atoms with Gasteiger partial charge in [0.2, 0.25) is 0 Å². The van der Waals surface area contributed by atoms with E-state index < -0.39 is 5.82 Å². The molecule has 4 nitrogen and oxygen atoms in total. The van der Waals surface area contributed by atoms with Crippen molar-refractivity contribution < 1.29 is 9.13 Å². The fourth-order valence-corrected chi connectivity index (χ4v) is 1.76. The van der Waals surface area contributed by atoms with Crippen molar-refractivity contribution in [3.8, 4) is 11.3 Å². The molecule has 2 aromatic rings. The molecule has 0 atom stereocenters. The van der Waals surface area contributed by atoms with Crippen molar-refractivity contribution in [1.82, 2.24) is 9.97 Å². The minimum atomic E-state index is -0.509. The first-order chi connectivity index (χ1) is 9.10. The smallest absolute Gasteiger partial charge is 0.251 e. The summed E-state index contributed by atoms with van der Waals surface area (Å²) in [5.74, 6) is -0.0883. The van der Waals surface area contributed by atoms with Gasteiger partial charge in [0.05, 0.1) is 10.7 Å². The first-order valence-electron chi connectivity index (χ1n) is 5.73. The number of aromatic amines is 1. The molecule has 2 rings (SSSR count). The second-order valence-electron chi connectivity index (χ2n) is 3.84. The Hall–Kier alpha value is -1.72. The van der Waals surface area contributed by atoms with E-state index in [1.165, 1.54) is 24.3 Å². The van der Waals surface area contributed by atoms with Crippen molar-refractivity contribution in [2.24, 2.45) is 0 Å². The zero-order valence-corrected chi connectivity index (χ0v) is 11.0. The molecule has 0 unspecified atom stereocenters. The molecule has 19 heavy (non-hydrogen) atoms. The molecule has 0 aliphatic heterocycles. The fourth-order valence-electron chi connectivity index (χ4n) is 1.58. The summed E-state index contributed by atoms with van der Waals surface area (Å²) in [6.45, 7) is 2.59. The first-order valence-corrected chi connectivity index (χ1v) is 6.11. The van der Waals surface area contributed by atoms with Gasteiger partial charge in [0.15, 0.2) is 0 Å². The standard InChI is InChI=1S/C13H12ClFN2O2/c1-2-19-7-12-16-11(6-13(18)17-12)8-3-4-10(15)9(14)5-8/h3-6H,2,7H2,1H3,(H,16,17,18). The third-order valence-corrected chi connectivity index (χ3v) is 2.74. The maximum atomic E-state index is 13.1. The summed E-state index contributed by atoms with van der Waals surface area (Å²) in [7, 11) is 0. The van der Waals surface area contributed by atoms with Crippen molar-refractivity contribution in [3.63, 3.8) is 0 Å². The van der Waals surface area contributed by atoms with Crippen molar-refractivity contribution in [1.29, 1.82) is 0 Å². The highest BCUT2D eigenvalue weighted by Gasteiger charge is 2.07. The summed E-state index contributed by atoms with van der Waals surface area (Å²) in [6.07, 6.45) is 0. The maximum Gasteiger partial charge on any atom is 0.251 e. The molecule has 0 saturated carbocycles. The number of benzene rings is 1. The van der Waals surface area contributed by atoms with Crippen LogP contribution in [0, 0.1) is 5.82 Å². The second kappa shape index (κ2) is 5.95. The van der Waals surface area contributed by atoms with Crippen molar-refractivity contribution >= 4 is 11.6 Å². The zero-order chi connectivity index (χ0) is 13.8. The zero-order valence-electron chi connectivity index (χ0n) is 10.2. The van der Waals surface area contributed by atoms with E-state index in [4.69, 9.17) is 16.3 Å². The first kappa shape index (κ1) is 13.7. The van der Waals surface area contributed by atoms with Crippen molar-refractivity contribution in [3.05, 3.63) is 51.3 Å². The molecule has 6 heteroatoms. The molecule has 0 bridgehead atoms. The van der Waals surface area contributed by atoms with Crippen LogP contribution in [0.15, 0.2) is 29.1 Å². The minimum absolute atomic E-state index is 0.00839. The van der Waals surface area contributed by atoms with E-state index in [1.54, 1.807) is 0 Å². The predicted octanol–water partition coefficient (Wildman–Crippen LogP) is 2.77. The van der Waals surface area contributed by atoms with Gasteiger partial charge in [-0.2, -0.15) is 0 Å². The summed E-state index contributed by atoms with van der Waals surface area (Å²) in [6, 6.07) is 5.53. The molecule has 1 aromatic heterocycles. The van der Waals surface area contributed by atoms with Gasteiger partial charge in [-0.05, 0) is 25.1 Å². The minimum Gasteiger partial charge on any atom is -0.374 e. The van der Waals surface area contributed by atoms with Crippen molar-refractivity contribution in [2.45, 2.75) is 13.5 Å². The Kier molecular flexibility index (Phi) is 4.29. The van der Waals surface area contributed by atoms with Gasteiger partial charge in [-0.3, -0.25) is 4.79 Å². The van der Waals surface area contributed by atoms with Gasteiger partial charge in [0.25, 0.3) is 5.56 Å². The third kappa shape index (κ3) is 3.39. The van der Waals surface area contributed by atoms with Crippen LogP contribution < -0.4 is 5.56 Å². The number of nitrogens with one attached hydrogen (secondary N) is 1. The lowest BCUT2D eigenvalue weighted by Crippen LogP contribution is -2.12. The summed E-state index contributed by atoms with van der Waals surface area (Å²) >= 11 is 5.71. The van der Waals surface area contributed by atoms with Gasteiger partial charge < -0.3 is 9.72 Å². The number of halogens is 2. The van der Waals surface area contributed by atoms with E-state index in [2.05, 4.69) is 9.97 Å². The Morgan fingerprint density at radius 1 is 1.42 bits per heavy atom. The number of hydrogen-bond acceptors (Lipinski definition) is 3. The average molecular weight is 283 g/mol. The quantitative estimate of drug-likeness (QED) is 0.938. The number of ether oxygens (including phenoxy) is 1. The molecule has 1 aromatic carbocycles.